The third kappa shape index (κ3) is 10.0. The van der Waals surface area contributed by atoms with Crippen LogP contribution >= 0.6 is 0 Å². The summed E-state index contributed by atoms with van der Waals surface area (Å²) >= 11 is 0. The first kappa shape index (κ1) is 14.0. The molecular weight excluding hydrogens is 172 g/mol. The topological polar surface area (TPSA) is 20.2 Å². The first-order valence-electron chi connectivity index (χ1n) is 6.28. The van der Waals surface area contributed by atoms with Crippen LogP contribution in [-0.2, 0) is 0 Å². The largest absolute Gasteiger partial charge is 0.393 e. The minimum absolute atomic E-state index is 0.0667. The zero-order valence-electron chi connectivity index (χ0n) is 9.80. The molecule has 0 spiro atoms. The van der Waals surface area contributed by atoms with Crippen molar-refractivity contribution in [1.29, 1.82) is 0 Å². The van der Waals surface area contributed by atoms with E-state index >= 15 is 0 Å². The highest BCUT2D eigenvalue weighted by Gasteiger charge is 2.02. The molecule has 0 aliphatic heterocycles. The summed E-state index contributed by atoms with van der Waals surface area (Å²) in [6.07, 6.45) is 11.8. The molecule has 1 radical (unpaired) electrons. The minimum Gasteiger partial charge on any atom is -0.393 e. The van der Waals surface area contributed by atoms with Crippen LogP contribution in [0.25, 0.3) is 0 Å². The Hall–Kier alpha value is -0.0400. The van der Waals surface area contributed by atoms with Crippen molar-refractivity contribution in [2.24, 2.45) is 0 Å². The second-order valence-corrected chi connectivity index (χ2v) is 4.21. The molecule has 0 saturated heterocycles. The van der Waals surface area contributed by atoms with Crippen molar-refractivity contribution in [3.8, 4) is 0 Å². The van der Waals surface area contributed by atoms with E-state index in [-0.39, 0.29) is 6.10 Å². The SMILES string of the molecule is [CH2]CCCC(O)CCCCCCCC. The van der Waals surface area contributed by atoms with E-state index in [1.807, 2.05) is 0 Å². The Bertz CT molecular complexity index is 101. The Labute approximate surface area is 89.9 Å². The van der Waals surface area contributed by atoms with Crippen LogP contribution < -0.4 is 0 Å². The maximum atomic E-state index is 9.56. The Kier molecular flexibility index (Phi) is 11.0. The quantitative estimate of drug-likeness (QED) is 0.525. The van der Waals surface area contributed by atoms with Gasteiger partial charge in [0.15, 0.2) is 0 Å². The molecule has 0 amide bonds. The minimum atomic E-state index is -0.0667. The fraction of sp³-hybridized carbons (Fsp3) is 0.923. The molecule has 0 saturated carbocycles. The lowest BCUT2D eigenvalue weighted by atomic mass is 10.0. The number of hydrogen-bond donors (Lipinski definition) is 1. The van der Waals surface area contributed by atoms with Gasteiger partial charge >= 0.3 is 0 Å². The fourth-order valence-electron chi connectivity index (χ4n) is 1.68. The van der Waals surface area contributed by atoms with Crippen LogP contribution in [0.2, 0.25) is 0 Å². The standard InChI is InChI=1S/C13H27O/c1-3-5-7-8-9-10-12-13(14)11-6-4-2/h13-14H,2-12H2,1H3. The van der Waals surface area contributed by atoms with Gasteiger partial charge in [-0.25, -0.2) is 0 Å². The van der Waals surface area contributed by atoms with Crippen molar-refractivity contribution < 1.29 is 5.11 Å². The molecule has 0 rings (SSSR count). The summed E-state index contributed by atoms with van der Waals surface area (Å²) in [4.78, 5) is 0. The van der Waals surface area contributed by atoms with E-state index in [1.54, 1.807) is 0 Å². The molecule has 0 heterocycles. The maximum Gasteiger partial charge on any atom is 0.0540 e. The molecule has 0 aromatic heterocycles. The fourth-order valence-corrected chi connectivity index (χ4v) is 1.68. The predicted octanol–water partition coefficient (Wildman–Crippen LogP) is 4.10. The number of aliphatic hydroxyl groups is 1. The van der Waals surface area contributed by atoms with Crippen LogP contribution in [0.5, 0.6) is 0 Å². The molecule has 1 unspecified atom stereocenters. The van der Waals surface area contributed by atoms with Crippen LogP contribution in [0.1, 0.15) is 71.1 Å². The highest BCUT2D eigenvalue weighted by Crippen LogP contribution is 2.11. The first-order chi connectivity index (χ1) is 6.81. The summed E-state index contributed by atoms with van der Waals surface area (Å²) in [5, 5.41) is 9.56. The first-order valence-corrected chi connectivity index (χ1v) is 6.28. The van der Waals surface area contributed by atoms with E-state index < -0.39 is 0 Å². The van der Waals surface area contributed by atoms with Gasteiger partial charge in [-0.05, 0) is 12.8 Å². The van der Waals surface area contributed by atoms with E-state index in [4.69, 9.17) is 0 Å². The van der Waals surface area contributed by atoms with Gasteiger partial charge in [0.25, 0.3) is 0 Å². The third-order valence-corrected chi connectivity index (χ3v) is 2.68. The van der Waals surface area contributed by atoms with Gasteiger partial charge in [-0.2, -0.15) is 0 Å². The summed E-state index contributed by atoms with van der Waals surface area (Å²) in [5.41, 5.74) is 0. The maximum absolute atomic E-state index is 9.56. The summed E-state index contributed by atoms with van der Waals surface area (Å²) < 4.78 is 0. The number of unbranched alkanes of at least 4 members (excludes halogenated alkanes) is 6. The van der Waals surface area contributed by atoms with E-state index in [0.717, 1.165) is 25.7 Å². The van der Waals surface area contributed by atoms with E-state index in [2.05, 4.69) is 13.8 Å². The van der Waals surface area contributed by atoms with E-state index in [1.165, 1.54) is 38.5 Å². The molecule has 0 aliphatic carbocycles. The van der Waals surface area contributed by atoms with E-state index in [0.29, 0.717) is 0 Å². The Morgan fingerprint density at radius 2 is 1.50 bits per heavy atom. The van der Waals surface area contributed by atoms with Gasteiger partial charge in [0.2, 0.25) is 0 Å². The normalized spacial score (nSPS) is 13.1. The summed E-state index contributed by atoms with van der Waals surface area (Å²) in [6, 6.07) is 0. The Morgan fingerprint density at radius 3 is 2.14 bits per heavy atom. The van der Waals surface area contributed by atoms with Crippen molar-refractivity contribution in [1.82, 2.24) is 0 Å². The highest BCUT2D eigenvalue weighted by molar-refractivity contribution is 4.57. The molecule has 1 heteroatoms. The molecule has 0 aliphatic rings. The molecule has 85 valence electrons. The van der Waals surface area contributed by atoms with Gasteiger partial charge < -0.3 is 5.11 Å². The molecule has 0 fully saturated rings. The molecule has 1 atom stereocenters. The lowest BCUT2D eigenvalue weighted by Gasteiger charge is -2.08. The van der Waals surface area contributed by atoms with Crippen LogP contribution in [0.3, 0.4) is 0 Å². The van der Waals surface area contributed by atoms with Crippen molar-refractivity contribution in [3.63, 3.8) is 0 Å². The van der Waals surface area contributed by atoms with Crippen LogP contribution in [-0.4, -0.2) is 11.2 Å². The Morgan fingerprint density at radius 1 is 0.929 bits per heavy atom. The molecule has 0 aromatic rings. The number of aliphatic hydroxyl groups excluding tert-OH is 1. The third-order valence-electron chi connectivity index (χ3n) is 2.68. The lowest BCUT2D eigenvalue weighted by molar-refractivity contribution is 0.148. The van der Waals surface area contributed by atoms with Gasteiger partial charge in [0.05, 0.1) is 6.10 Å². The summed E-state index contributed by atoms with van der Waals surface area (Å²) in [7, 11) is 0. The van der Waals surface area contributed by atoms with Gasteiger partial charge in [0, 0.05) is 0 Å². The second-order valence-electron chi connectivity index (χ2n) is 4.21. The summed E-state index contributed by atoms with van der Waals surface area (Å²) in [6.45, 7) is 6.02. The number of rotatable bonds is 10. The van der Waals surface area contributed by atoms with Crippen molar-refractivity contribution in [2.75, 3.05) is 0 Å². The van der Waals surface area contributed by atoms with Crippen LogP contribution in [0, 0.1) is 6.92 Å². The van der Waals surface area contributed by atoms with Gasteiger partial charge in [-0.1, -0.05) is 65.2 Å². The highest BCUT2D eigenvalue weighted by atomic mass is 16.3. The molecule has 14 heavy (non-hydrogen) atoms. The van der Waals surface area contributed by atoms with E-state index in [9.17, 15) is 5.11 Å². The monoisotopic (exact) mass is 199 g/mol. The predicted molar refractivity (Wildman–Crippen MR) is 63.2 cm³/mol. The average molecular weight is 199 g/mol. The zero-order chi connectivity index (χ0) is 10.6. The lowest BCUT2D eigenvalue weighted by Crippen LogP contribution is -2.05. The van der Waals surface area contributed by atoms with Gasteiger partial charge in [-0.15, -0.1) is 0 Å². The number of hydrogen-bond acceptors (Lipinski definition) is 1. The molecule has 0 bridgehead atoms. The van der Waals surface area contributed by atoms with Gasteiger partial charge in [-0.3, -0.25) is 0 Å². The second kappa shape index (κ2) is 11.0. The smallest absolute Gasteiger partial charge is 0.0540 e. The molecule has 1 nitrogen and oxygen atoms in total. The summed E-state index contributed by atoms with van der Waals surface area (Å²) in [5.74, 6) is 0. The van der Waals surface area contributed by atoms with Crippen LogP contribution in [0.4, 0.5) is 0 Å². The van der Waals surface area contributed by atoms with Crippen molar-refractivity contribution >= 4 is 0 Å². The Balaban J connectivity index is 3.02. The molecular formula is C13H27O. The van der Waals surface area contributed by atoms with Crippen molar-refractivity contribution in [3.05, 3.63) is 6.92 Å². The zero-order valence-corrected chi connectivity index (χ0v) is 9.80. The van der Waals surface area contributed by atoms with Crippen LogP contribution in [0.15, 0.2) is 0 Å². The molecule has 1 N–H and O–H groups in total. The average Bonchev–Trinajstić information content (AvgIpc) is 2.20. The van der Waals surface area contributed by atoms with Crippen molar-refractivity contribution in [2.45, 2.75) is 77.2 Å². The van der Waals surface area contributed by atoms with Gasteiger partial charge in [0.1, 0.15) is 0 Å². The molecule has 0 aromatic carbocycles.